The predicted octanol–water partition coefficient (Wildman–Crippen LogP) is 2.53. The maximum absolute atomic E-state index is 14.6. The molecule has 0 radical (unpaired) electrons. The number of aryl methyl sites for hydroxylation is 1. The first-order valence-corrected chi connectivity index (χ1v) is 8.93. The van der Waals surface area contributed by atoms with Gasteiger partial charge in [-0.1, -0.05) is 12.1 Å². The van der Waals surface area contributed by atoms with Gasteiger partial charge in [-0.25, -0.2) is 8.78 Å². The normalized spacial score (nSPS) is 25.1. The van der Waals surface area contributed by atoms with Gasteiger partial charge in [-0.3, -0.25) is 9.59 Å². The minimum absolute atomic E-state index is 0.0000154. The van der Waals surface area contributed by atoms with Crippen LogP contribution >= 0.6 is 0 Å². The maximum Gasteiger partial charge on any atom is 0.265 e. The van der Waals surface area contributed by atoms with Crippen molar-refractivity contribution in [3.8, 4) is 5.75 Å². The summed E-state index contributed by atoms with van der Waals surface area (Å²) in [6, 6.07) is 5.72. The van der Waals surface area contributed by atoms with Crippen LogP contribution in [0.2, 0.25) is 0 Å². The van der Waals surface area contributed by atoms with Crippen molar-refractivity contribution in [3.05, 3.63) is 63.7 Å². The SMILES string of the molecule is Cc1c[nH]c(=O)c2c(C(=O)N3CC4C(F)(F)C4(c4ccc(O)cc4)C3)c[nH]c12. The van der Waals surface area contributed by atoms with Gasteiger partial charge in [0.25, 0.3) is 17.4 Å². The first-order chi connectivity index (χ1) is 13.3. The number of fused-ring (bicyclic) bond motifs is 2. The molecule has 2 unspecified atom stereocenters. The minimum Gasteiger partial charge on any atom is -0.508 e. The number of carbonyl (C=O) groups excluding carboxylic acids is 1. The molecule has 1 aliphatic heterocycles. The molecule has 2 atom stereocenters. The van der Waals surface area contributed by atoms with E-state index in [1.807, 2.05) is 0 Å². The van der Waals surface area contributed by atoms with E-state index in [1.54, 1.807) is 13.1 Å². The van der Waals surface area contributed by atoms with Gasteiger partial charge < -0.3 is 20.0 Å². The van der Waals surface area contributed by atoms with Gasteiger partial charge in [0.1, 0.15) is 5.75 Å². The number of phenols is 1. The highest BCUT2D eigenvalue weighted by atomic mass is 19.3. The first kappa shape index (κ1) is 17.0. The molecule has 3 heterocycles. The molecule has 1 aliphatic carbocycles. The molecule has 2 fully saturated rings. The van der Waals surface area contributed by atoms with Crippen LogP contribution in [-0.4, -0.2) is 44.9 Å². The number of carbonyl (C=O) groups is 1. The number of aromatic amines is 2. The summed E-state index contributed by atoms with van der Waals surface area (Å²) in [7, 11) is 0. The van der Waals surface area contributed by atoms with Crippen LogP contribution in [0, 0.1) is 12.8 Å². The molecular weight excluding hydrogens is 368 g/mol. The van der Waals surface area contributed by atoms with Crippen molar-refractivity contribution in [1.29, 1.82) is 0 Å². The highest BCUT2D eigenvalue weighted by Gasteiger charge is 2.84. The van der Waals surface area contributed by atoms with Crippen molar-refractivity contribution in [2.24, 2.45) is 5.92 Å². The Labute approximate surface area is 157 Å². The first-order valence-electron chi connectivity index (χ1n) is 8.93. The molecule has 1 aromatic carbocycles. The Hall–Kier alpha value is -3.16. The van der Waals surface area contributed by atoms with Crippen LogP contribution in [0.1, 0.15) is 21.5 Å². The van der Waals surface area contributed by atoms with Gasteiger partial charge in [-0.2, -0.15) is 0 Å². The van der Waals surface area contributed by atoms with E-state index in [2.05, 4.69) is 9.97 Å². The largest absolute Gasteiger partial charge is 0.508 e. The molecule has 1 amide bonds. The van der Waals surface area contributed by atoms with Gasteiger partial charge in [0.05, 0.1) is 27.8 Å². The number of pyridine rings is 1. The summed E-state index contributed by atoms with van der Waals surface area (Å²) in [5.41, 5.74) is 0.104. The minimum atomic E-state index is -2.91. The number of amides is 1. The third-order valence-electron chi connectivity index (χ3n) is 6.21. The highest BCUT2D eigenvalue weighted by Crippen LogP contribution is 2.70. The number of hydrogen-bond acceptors (Lipinski definition) is 3. The van der Waals surface area contributed by atoms with E-state index in [1.165, 1.54) is 35.4 Å². The summed E-state index contributed by atoms with van der Waals surface area (Å²) < 4.78 is 29.1. The molecule has 1 saturated heterocycles. The van der Waals surface area contributed by atoms with Crippen molar-refractivity contribution in [1.82, 2.24) is 14.9 Å². The average Bonchev–Trinajstić information content (AvgIpc) is 3.11. The monoisotopic (exact) mass is 385 g/mol. The Morgan fingerprint density at radius 1 is 1.21 bits per heavy atom. The van der Waals surface area contributed by atoms with Crippen molar-refractivity contribution in [2.45, 2.75) is 18.3 Å². The number of phenolic OH excluding ortho intramolecular Hbond substituents is 1. The molecule has 5 rings (SSSR count). The molecule has 8 heteroatoms. The van der Waals surface area contributed by atoms with Crippen molar-refractivity contribution >= 4 is 16.8 Å². The number of rotatable bonds is 2. The average molecular weight is 385 g/mol. The van der Waals surface area contributed by atoms with Crippen LogP contribution in [0.25, 0.3) is 10.9 Å². The van der Waals surface area contributed by atoms with E-state index in [0.29, 0.717) is 11.1 Å². The Kier molecular flexibility index (Phi) is 3.16. The number of benzene rings is 1. The van der Waals surface area contributed by atoms with Gasteiger partial charge in [0, 0.05) is 25.5 Å². The second-order valence-electron chi connectivity index (χ2n) is 7.63. The molecule has 0 bridgehead atoms. The lowest BCUT2D eigenvalue weighted by atomic mass is 9.94. The summed E-state index contributed by atoms with van der Waals surface area (Å²) >= 11 is 0. The predicted molar refractivity (Wildman–Crippen MR) is 97.8 cm³/mol. The van der Waals surface area contributed by atoms with Gasteiger partial charge in [-0.05, 0) is 30.2 Å². The fourth-order valence-corrected chi connectivity index (χ4v) is 4.63. The molecule has 0 spiro atoms. The molecule has 2 aliphatic rings. The summed E-state index contributed by atoms with van der Waals surface area (Å²) in [5, 5.41) is 9.70. The zero-order valence-corrected chi connectivity index (χ0v) is 14.9. The van der Waals surface area contributed by atoms with Crippen molar-refractivity contribution in [2.75, 3.05) is 13.1 Å². The summed E-state index contributed by atoms with van der Waals surface area (Å²) in [6.07, 6.45) is 3.02. The zero-order valence-electron chi connectivity index (χ0n) is 14.9. The number of halogens is 2. The number of nitrogens with zero attached hydrogens (tertiary/aromatic N) is 1. The molecule has 2 aromatic heterocycles. The molecule has 6 nitrogen and oxygen atoms in total. The zero-order chi connectivity index (χ0) is 19.8. The lowest BCUT2D eigenvalue weighted by molar-refractivity contribution is 0.0394. The maximum atomic E-state index is 14.6. The van der Waals surface area contributed by atoms with Gasteiger partial charge >= 0.3 is 0 Å². The van der Waals surface area contributed by atoms with Crippen molar-refractivity contribution < 1.29 is 18.7 Å². The van der Waals surface area contributed by atoms with Crippen LogP contribution in [0.15, 0.2) is 41.5 Å². The number of nitrogens with one attached hydrogen (secondary N) is 2. The third kappa shape index (κ3) is 1.95. The lowest BCUT2D eigenvalue weighted by Crippen LogP contribution is -2.37. The van der Waals surface area contributed by atoms with Gasteiger partial charge in [0.2, 0.25) is 0 Å². The number of H-pyrrole nitrogens is 2. The van der Waals surface area contributed by atoms with Crippen molar-refractivity contribution in [3.63, 3.8) is 0 Å². The number of aromatic hydroxyl groups is 1. The van der Waals surface area contributed by atoms with E-state index in [0.717, 1.165) is 5.56 Å². The van der Waals surface area contributed by atoms with E-state index in [4.69, 9.17) is 0 Å². The van der Waals surface area contributed by atoms with E-state index >= 15 is 0 Å². The van der Waals surface area contributed by atoms with E-state index in [9.17, 15) is 23.5 Å². The number of aromatic nitrogens is 2. The Morgan fingerprint density at radius 2 is 1.93 bits per heavy atom. The Balaban J connectivity index is 1.52. The van der Waals surface area contributed by atoms with E-state index < -0.39 is 28.7 Å². The number of likely N-dealkylation sites (tertiary alicyclic amines) is 1. The van der Waals surface area contributed by atoms with E-state index in [-0.39, 0.29) is 29.8 Å². The van der Waals surface area contributed by atoms with Crippen LogP contribution in [0.3, 0.4) is 0 Å². The molecule has 3 N–H and O–H groups in total. The molecular formula is C20H17F2N3O3. The van der Waals surface area contributed by atoms with Gasteiger partial charge in [-0.15, -0.1) is 0 Å². The summed E-state index contributed by atoms with van der Waals surface area (Å²) in [5.74, 6) is -4.32. The third-order valence-corrected chi connectivity index (χ3v) is 6.21. The number of hydrogen-bond donors (Lipinski definition) is 3. The smallest absolute Gasteiger partial charge is 0.265 e. The molecule has 1 saturated carbocycles. The Bertz CT molecular complexity index is 1180. The molecule has 144 valence electrons. The second-order valence-corrected chi connectivity index (χ2v) is 7.63. The van der Waals surface area contributed by atoms with Gasteiger partial charge in [0.15, 0.2) is 0 Å². The lowest BCUT2D eigenvalue weighted by Gasteiger charge is -2.23. The summed E-state index contributed by atoms with van der Waals surface area (Å²) in [4.78, 5) is 32.2. The number of alkyl halides is 2. The topological polar surface area (TPSA) is 89.2 Å². The number of piperidine rings is 1. The highest BCUT2D eigenvalue weighted by molar-refractivity contribution is 6.07. The van der Waals surface area contributed by atoms with Crippen LogP contribution < -0.4 is 5.56 Å². The fraction of sp³-hybridized carbons (Fsp3) is 0.300. The fourth-order valence-electron chi connectivity index (χ4n) is 4.63. The Morgan fingerprint density at radius 3 is 2.64 bits per heavy atom. The van der Waals surface area contributed by atoms with Crippen LogP contribution in [-0.2, 0) is 5.41 Å². The van der Waals surface area contributed by atoms with Crippen LogP contribution in [0.5, 0.6) is 5.75 Å². The molecule has 3 aromatic rings. The van der Waals surface area contributed by atoms with Crippen LogP contribution in [0.4, 0.5) is 8.78 Å². The molecule has 28 heavy (non-hydrogen) atoms. The second kappa shape index (κ2) is 5.21. The summed E-state index contributed by atoms with van der Waals surface area (Å²) in [6.45, 7) is 1.59. The standard InChI is InChI=1S/C20H17F2N3O3/c1-10-6-24-17(27)15-13(7-23-16(10)15)18(28)25-8-14-19(9-25,20(14,21)22)11-2-4-12(26)5-3-11/h2-7,14,23,26H,8-9H2,1H3,(H,24,27). The quantitative estimate of drug-likeness (QED) is 0.633.